The maximum atomic E-state index is 9.73. The van der Waals surface area contributed by atoms with Crippen molar-refractivity contribution in [2.24, 2.45) is 0 Å². The van der Waals surface area contributed by atoms with E-state index in [1.54, 1.807) is 23.8 Å². The third kappa shape index (κ3) is 1.96. The average molecular weight is 280 g/mol. The molecule has 0 amide bonds. The number of aromatic hydroxyl groups is 1. The zero-order valence-corrected chi connectivity index (χ0v) is 10.4. The molecular weight excluding hydrogens is 274 g/mol. The third-order valence-corrected chi connectivity index (χ3v) is 3.27. The first-order chi connectivity index (χ1) is 8.74. The highest BCUT2D eigenvalue weighted by Crippen LogP contribution is 2.32. The molecule has 0 fully saturated rings. The maximum absolute atomic E-state index is 9.73. The SMILES string of the molecule is Oc1ccc(Cl)cc1-c1nc(-c2cncs2)no1. The van der Waals surface area contributed by atoms with Crippen molar-refractivity contribution in [3.05, 3.63) is 34.9 Å². The number of phenols is 1. The normalized spacial score (nSPS) is 10.7. The standard InChI is InChI=1S/C11H6ClN3O2S/c12-6-1-2-8(16)7(3-6)11-14-10(15-17-11)9-4-13-5-18-9/h1-5,16H. The molecule has 3 rings (SSSR count). The van der Waals surface area contributed by atoms with Gasteiger partial charge < -0.3 is 9.63 Å². The van der Waals surface area contributed by atoms with Gasteiger partial charge >= 0.3 is 0 Å². The number of nitrogens with zero attached hydrogens (tertiary/aromatic N) is 3. The average Bonchev–Trinajstić information content (AvgIpc) is 3.00. The molecule has 0 atom stereocenters. The van der Waals surface area contributed by atoms with Crippen molar-refractivity contribution < 1.29 is 9.63 Å². The minimum atomic E-state index is 0.0407. The smallest absolute Gasteiger partial charge is 0.262 e. The fraction of sp³-hybridized carbons (Fsp3) is 0. The number of halogens is 1. The summed E-state index contributed by atoms with van der Waals surface area (Å²) in [6.07, 6.45) is 1.65. The third-order valence-electron chi connectivity index (χ3n) is 2.27. The fourth-order valence-electron chi connectivity index (χ4n) is 1.44. The topological polar surface area (TPSA) is 72.0 Å². The predicted molar refractivity (Wildman–Crippen MR) is 67.5 cm³/mol. The molecule has 0 saturated carbocycles. The number of hydrogen-bond donors (Lipinski definition) is 1. The Morgan fingerprint density at radius 3 is 3.00 bits per heavy atom. The Hall–Kier alpha value is -1.92. The summed E-state index contributed by atoms with van der Waals surface area (Å²) in [5.41, 5.74) is 2.09. The Morgan fingerprint density at radius 1 is 1.33 bits per heavy atom. The fourth-order valence-corrected chi connectivity index (χ4v) is 2.16. The van der Waals surface area contributed by atoms with E-state index in [9.17, 15) is 5.11 Å². The highest BCUT2D eigenvalue weighted by Gasteiger charge is 2.15. The minimum absolute atomic E-state index is 0.0407. The van der Waals surface area contributed by atoms with Gasteiger partial charge in [-0.1, -0.05) is 16.8 Å². The second kappa shape index (κ2) is 4.40. The molecule has 18 heavy (non-hydrogen) atoms. The number of hydrogen-bond acceptors (Lipinski definition) is 6. The number of aromatic nitrogens is 3. The molecule has 2 heterocycles. The minimum Gasteiger partial charge on any atom is -0.507 e. The molecule has 0 aliphatic heterocycles. The van der Waals surface area contributed by atoms with Crippen LogP contribution in [0.25, 0.3) is 22.2 Å². The lowest BCUT2D eigenvalue weighted by Crippen LogP contribution is -1.80. The molecule has 0 spiro atoms. The first kappa shape index (κ1) is 11.2. The molecule has 5 nitrogen and oxygen atoms in total. The van der Waals surface area contributed by atoms with Crippen molar-refractivity contribution >= 4 is 22.9 Å². The number of rotatable bonds is 2. The lowest BCUT2D eigenvalue weighted by Gasteiger charge is -1.98. The van der Waals surface area contributed by atoms with Gasteiger partial charge in [-0.05, 0) is 18.2 Å². The van der Waals surface area contributed by atoms with E-state index in [4.69, 9.17) is 16.1 Å². The second-order valence-corrected chi connectivity index (χ2v) is 4.77. The lowest BCUT2D eigenvalue weighted by molar-refractivity contribution is 0.426. The molecule has 1 aromatic carbocycles. The lowest BCUT2D eigenvalue weighted by atomic mass is 10.2. The van der Waals surface area contributed by atoms with Gasteiger partial charge in [-0.2, -0.15) is 4.98 Å². The quantitative estimate of drug-likeness (QED) is 0.780. The van der Waals surface area contributed by atoms with Crippen LogP contribution in [0.2, 0.25) is 5.02 Å². The molecular formula is C11H6ClN3O2S. The summed E-state index contributed by atoms with van der Waals surface area (Å²) in [5.74, 6) is 0.698. The van der Waals surface area contributed by atoms with E-state index in [2.05, 4.69) is 15.1 Å². The van der Waals surface area contributed by atoms with Crippen LogP contribution < -0.4 is 0 Å². The van der Waals surface area contributed by atoms with Crippen molar-refractivity contribution in [3.8, 4) is 27.9 Å². The molecule has 0 saturated heterocycles. The van der Waals surface area contributed by atoms with Crippen LogP contribution in [0.1, 0.15) is 0 Å². The highest BCUT2D eigenvalue weighted by molar-refractivity contribution is 7.13. The Kier molecular flexibility index (Phi) is 2.73. The molecule has 7 heteroatoms. The van der Waals surface area contributed by atoms with Crippen molar-refractivity contribution in [2.75, 3.05) is 0 Å². The van der Waals surface area contributed by atoms with Crippen LogP contribution in [-0.4, -0.2) is 20.2 Å². The first-order valence-electron chi connectivity index (χ1n) is 4.95. The summed E-state index contributed by atoms with van der Waals surface area (Å²) >= 11 is 7.27. The van der Waals surface area contributed by atoms with E-state index < -0.39 is 0 Å². The van der Waals surface area contributed by atoms with Gasteiger partial charge in [0.2, 0.25) is 5.82 Å². The van der Waals surface area contributed by atoms with E-state index >= 15 is 0 Å². The van der Waals surface area contributed by atoms with Crippen LogP contribution in [-0.2, 0) is 0 Å². The van der Waals surface area contributed by atoms with Gasteiger partial charge in [-0.25, -0.2) is 0 Å². The molecule has 2 aromatic heterocycles. The molecule has 0 aliphatic carbocycles. The van der Waals surface area contributed by atoms with Crippen molar-refractivity contribution in [1.82, 2.24) is 15.1 Å². The van der Waals surface area contributed by atoms with Crippen molar-refractivity contribution in [3.63, 3.8) is 0 Å². The molecule has 1 N–H and O–H groups in total. The first-order valence-corrected chi connectivity index (χ1v) is 6.21. The Labute approximate surface area is 111 Å². The monoisotopic (exact) mass is 279 g/mol. The summed E-state index contributed by atoms with van der Waals surface area (Å²) in [6, 6.07) is 4.63. The molecule has 0 aliphatic rings. The van der Waals surface area contributed by atoms with Gasteiger partial charge in [-0.15, -0.1) is 11.3 Å². The molecule has 3 aromatic rings. The number of benzene rings is 1. The zero-order valence-electron chi connectivity index (χ0n) is 8.87. The Balaban J connectivity index is 2.05. The summed E-state index contributed by atoms with van der Waals surface area (Å²) in [7, 11) is 0. The summed E-state index contributed by atoms with van der Waals surface area (Å²) in [6.45, 7) is 0. The number of thiazole rings is 1. The van der Waals surface area contributed by atoms with Gasteiger partial charge in [0.25, 0.3) is 5.89 Å². The van der Waals surface area contributed by atoms with Crippen molar-refractivity contribution in [1.29, 1.82) is 0 Å². The zero-order chi connectivity index (χ0) is 12.5. The highest BCUT2D eigenvalue weighted by atomic mass is 35.5. The largest absolute Gasteiger partial charge is 0.507 e. The van der Waals surface area contributed by atoms with Gasteiger partial charge in [-0.3, -0.25) is 4.98 Å². The summed E-state index contributed by atoms with van der Waals surface area (Å²) in [4.78, 5) is 8.94. The second-order valence-electron chi connectivity index (χ2n) is 3.45. The van der Waals surface area contributed by atoms with Gasteiger partial charge in [0.15, 0.2) is 0 Å². The van der Waals surface area contributed by atoms with E-state index in [-0.39, 0.29) is 11.6 Å². The Bertz CT molecular complexity index is 681. The molecule has 0 unspecified atom stereocenters. The van der Waals surface area contributed by atoms with Gasteiger partial charge in [0.05, 0.1) is 16.0 Å². The van der Waals surface area contributed by atoms with Gasteiger partial charge in [0.1, 0.15) is 5.75 Å². The number of phenolic OH excluding ortho intramolecular Hbond substituents is 1. The van der Waals surface area contributed by atoms with Crippen LogP contribution in [0, 0.1) is 0 Å². The van der Waals surface area contributed by atoms with Crippen LogP contribution in [0.4, 0.5) is 0 Å². The molecule has 0 radical (unpaired) electrons. The Morgan fingerprint density at radius 2 is 2.22 bits per heavy atom. The molecule has 0 bridgehead atoms. The summed E-state index contributed by atoms with van der Waals surface area (Å²) in [5, 5.41) is 14.1. The predicted octanol–water partition coefficient (Wildman–Crippen LogP) is 3.22. The van der Waals surface area contributed by atoms with Gasteiger partial charge in [0, 0.05) is 11.2 Å². The van der Waals surface area contributed by atoms with Crippen molar-refractivity contribution in [2.45, 2.75) is 0 Å². The van der Waals surface area contributed by atoms with E-state index in [0.29, 0.717) is 16.4 Å². The maximum Gasteiger partial charge on any atom is 0.262 e. The van der Waals surface area contributed by atoms with Crippen LogP contribution in [0.5, 0.6) is 5.75 Å². The summed E-state index contributed by atoms with van der Waals surface area (Å²) < 4.78 is 5.11. The van der Waals surface area contributed by atoms with Crippen LogP contribution in [0.3, 0.4) is 0 Å². The molecule has 90 valence electrons. The van der Waals surface area contributed by atoms with E-state index in [0.717, 1.165) is 4.88 Å². The van der Waals surface area contributed by atoms with E-state index in [1.165, 1.54) is 17.4 Å². The van der Waals surface area contributed by atoms with Crippen LogP contribution in [0.15, 0.2) is 34.4 Å². The van der Waals surface area contributed by atoms with E-state index in [1.807, 2.05) is 0 Å². The van der Waals surface area contributed by atoms with Crippen LogP contribution >= 0.6 is 22.9 Å².